The topological polar surface area (TPSA) is 77.0 Å². The molecule has 0 saturated heterocycles. The van der Waals surface area contributed by atoms with Crippen LogP contribution in [0.1, 0.15) is 11.7 Å². The lowest BCUT2D eigenvalue weighted by molar-refractivity contribution is 0.266. The molecule has 2 heterocycles. The molecule has 0 fully saturated rings. The van der Waals surface area contributed by atoms with Gasteiger partial charge in [-0.25, -0.2) is 4.98 Å². The maximum atomic E-state index is 9.54. The van der Waals surface area contributed by atoms with E-state index in [-0.39, 0.29) is 6.61 Å². The molecular formula is C17H13ClN4O2. The van der Waals surface area contributed by atoms with Gasteiger partial charge in [0.05, 0.1) is 11.0 Å². The molecule has 0 atom stereocenters. The monoisotopic (exact) mass is 340 g/mol. The van der Waals surface area contributed by atoms with Crippen molar-refractivity contribution < 1.29 is 9.52 Å². The van der Waals surface area contributed by atoms with Gasteiger partial charge in [0.1, 0.15) is 19.0 Å². The molecule has 24 heavy (non-hydrogen) atoms. The van der Waals surface area contributed by atoms with E-state index in [2.05, 4.69) is 15.2 Å². The normalized spacial score (nSPS) is 11.2. The highest BCUT2D eigenvalue weighted by Gasteiger charge is 2.14. The summed E-state index contributed by atoms with van der Waals surface area (Å²) in [6.07, 6.45) is 0. The van der Waals surface area contributed by atoms with Gasteiger partial charge in [-0.15, -0.1) is 10.2 Å². The number of para-hydroxylation sites is 2. The molecule has 0 unspecified atom stereocenters. The summed E-state index contributed by atoms with van der Waals surface area (Å²) < 4.78 is 7.61. The first-order valence-corrected chi connectivity index (χ1v) is 7.76. The van der Waals surface area contributed by atoms with Crippen LogP contribution in [-0.4, -0.2) is 24.9 Å². The Balaban J connectivity index is 1.68. The van der Waals surface area contributed by atoms with Crippen LogP contribution in [0, 0.1) is 0 Å². The number of rotatable bonds is 4. The van der Waals surface area contributed by atoms with Crippen molar-refractivity contribution in [2.45, 2.75) is 13.2 Å². The van der Waals surface area contributed by atoms with Crippen molar-refractivity contribution in [1.82, 2.24) is 19.7 Å². The SMILES string of the molecule is OCc1nc2ccccc2n1Cc1nnc(-c2ccc(Cl)cc2)o1. The Morgan fingerprint density at radius 2 is 1.83 bits per heavy atom. The molecule has 2 aromatic heterocycles. The van der Waals surface area contributed by atoms with E-state index in [1.165, 1.54) is 0 Å². The smallest absolute Gasteiger partial charge is 0.247 e. The van der Waals surface area contributed by atoms with E-state index in [0.717, 1.165) is 16.6 Å². The minimum atomic E-state index is -0.160. The van der Waals surface area contributed by atoms with Crippen molar-refractivity contribution in [3.8, 4) is 11.5 Å². The van der Waals surface area contributed by atoms with Crippen LogP contribution in [0.4, 0.5) is 0 Å². The second-order valence-corrected chi connectivity index (χ2v) is 5.71. The van der Waals surface area contributed by atoms with Crippen LogP contribution in [0.2, 0.25) is 5.02 Å². The lowest BCUT2D eigenvalue weighted by atomic mass is 10.2. The molecule has 4 rings (SSSR count). The molecule has 0 aliphatic heterocycles. The Bertz CT molecular complexity index is 991. The Labute approximate surface area is 142 Å². The highest BCUT2D eigenvalue weighted by Crippen LogP contribution is 2.22. The maximum Gasteiger partial charge on any atom is 0.247 e. The summed E-state index contributed by atoms with van der Waals surface area (Å²) in [6, 6.07) is 14.9. The van der Waals surface area contributed by atoms with E-state index in [1.54, 1.807) is 12.1 Å². The summed E-state index contributed by atoms with van der Waals surface area (Å²) in [5.74, 6) is 1.43. The third kappa shape index (κ3) is 2.66. The molecule has 6 nitrogen and oxygen atoms in total. The zero-order valence-electron chi connectivity index (χ0n) is 12.6. The van der Waals surface area contributed by atoms with Crippen LogP contribution in [0.25, 0.3) is 22.5 Å². The Hall–Kier alpha value is -2.70. The van der Waals surface area contributed by atoms with Gasteiger partial charge >= 0.3 is 0 Å². The first-order chi connectivity index (χ1) is 11.7. The third-order valence-corrected chi connectivity index (χ3v) is 3.98. The van der Waals surface area contributed by atoms with Crippen molar-refractivity contribution in [2.75, 3.05) is 0 Å². The van der Waals surface area contributed by atoms with Crippen LogP contribution in [-0.2, 0) is 13.2 Å². The third-order valence-electron chi connectivity index (χ3n) is 3.73. The van der Waals surface area contributed by atoms with Gasteiger partial charge in [-0.05, 0) is 36.4 Å². The first kappa shape index (κ1) is 14.9. The van der Waals surface area contributed by atoms with Crippen molar-refractivity contribution in [1.29, 1.82) is 0 Å². The minimum Gasteiger partial charge on any atom is -0.419 e. The fourth-order valence-corrected chi connectivity index (χ4v) is 2.71. The average Bonchev–Trinajstić information content (AvgIpc) is 3.21. The molecule has 1 N–H and O–H groups in total. The van der Waals surface area contributed by atoms with Crippen molar-refractivity contribution in [3.63, 3.8) is 0 Å². The summed E-state index contributed by atoms with van der Waals surface area (Å²) >= 11 is 5.89. The number of aliphatic hydroxyl groups excluding tert-OH is 1. The molecule has 0 aliphatic carbocycles. The van der Waals surface area contributed by atoms with Gasteiger partial charge in [0, 0.05) is 10.6 Å². The quantitative estimate of drug-likeness (QED) is 0.617. The zero-order valence-corrected chi connectivity index (χ0v) is 13.3. The van der Waals surface area contributed by atoms with E-state index in [9.17, 15) is 5.11 Å². The molecule has 0 amide bonds. The number of imidazole rings is 1. The molecule has 0 bridgehead atoms. The predicted molar refractivity (Wildman–Crippen MR) is 89.5 cm³/mol. The van der Waals surface area contributed by atoms with E-state index in [0.29, 0.717) is 29.2 Å². The summed E-state index contributed by atoms with van der Waals surface area (Å²) in [5, 5.41) is 18.4. The zero-order chi connectivity index (χ0) is 16.5. The molecule has 0 spiro atoms. The Morgan fingerprint density at radius 3 is 2.62 bits per heavy atom. The highest BCUT2D eigenvalue weighted by atomic mass is 35.5. The van der Waals surface area contributed by atoms with Gasteiger partial charge in [0.2, 0.25) is 11.8 Å². The van der Waals surface area contributed by atoms with Gasteiger partial charge in [0.25, 0.3) is 0 Å². The highest BCUT2D eigenvalue weighted by molar-refractivity contribution is 6.30. The lowest BCUT2D eigenvalue weighted by Gasteiger charge is -2.04. The molecule has 0 radical (unpaired) electrons. The molecule has 0 saturated carbocycles. The predicted octanol–water partition coefficient (Wildman–Crippen LogP) is 3.28. The average molecular weight is 341 g/mol. The fraction of sp³-hybridized carbons (Fsp3) is 0.118. The fourth-order valence-electron chi connectivity index (χ4n) is 2.58. The molecule has 120 valence electrons. The number of hydrogen-bond acceptors (Lipinski definition) is 5. The van der Waals surface area contributed by atoms with Crippen molar-refractivity contribution >= 4 is 22.6 Å². The molecule has 4 aromatic rings. The maximum absolute atomic E-state index is 9.54. The van der Waals surface area contributed by atoms with Crippen molar-refractivity contribution in [2.24, 2.45) is 0 Å². The summed E-state index contributed by atoms with van der Waals surface area (Å²) in [7, 11) is 0. The van der Waals surface area contributed by atoms with Gasteiger partial charge in [-0.3, -0.25) is 0 Å². The second-order valence-electron chi connectivity index (χ2n) is 5.27. The van der Waals surface area contributed by atoms with E-state index >= 15 is 0 Å². The second kappa shape index (κ2) is 6.07. The number of aliphatic hydroxyl groups is 1. The number of halogens is 1. The number of nitrogens with zero attached hydrogens (tertiary/aromatic N) is 4. The van der Waals surface area contributed by atoms with E-state index < -0.39 is 0 Å². The summed E-state index contributed by atoms with van der Waals surface area (Å²) in [5.41, 5.74) is 2.53. The van der Waals surface area contributed by atoms with E-state index in [4.69, 9.17) is 16.0 Å². The molecule has 2 aromatic carbocycles. The van der Waals surface area contributed by atoms with Crippen LogP contribution in [0.15, 0.2) is 52.9 Å². The van der Waals surface area contributed by atoms with Crippen molar-refractivity contribution in [3.05, 3.63) is 65.3 Å². The molecular weight excluding hydrogens is 328 g/mol. The minimum absolute atomic E-state index is 0.160. The standard InChI is InChI=1S/C17H13ClN4O2/c18-12-7-5-11(6-8-12)17-21-20-16(24-17)9-22-14-4-2-1-3-13(14)19-15(22)10-23/h1-8,23H,9-10H2. The number of aromatic nitrogens is 4. The number of fused-ring (bicyclic) bond motifs is 1. The van der Waals surface area contributed by atoms with Gasteiger partial charge in [-0.2, -0.15) is 0 Å². The Morgan fingerprint density at radius 1 is 1.04 bits per heavy atom. The summed E-state index contributed by atoms with van der Waals surface area (Å²) in [6.45, 7) is 0.184. The van der Waals surface area contributed by atoms with Crippen LogP contribution >= 0.6 is 11.6 Å². The van der Waals surface area contributed by atoms with Crippen LogP contribution < -0.4 is 0 Å². The first-order valence-electron chi connectivity index (χ1n) is 7.38. The summed E-state index contributed by atoms with van der Waals surface area (Å²) in [4.78, 5) is 4.41. The largest absolute Gasteiger partial charge is 0.419 e. The number of hydrogen-bond donors (Lipinski definition) is 1. The van der Waals surface area contributed by atoms with Gasteiger partial charge in [0.15, 0.2) is 0 Å². The molecule has 7 heteroatoms. The van der Waals surface area contributed by atoms with Gasteiger partial charge < -0.3 is 14.1 Å². The number of benzene rings is 2. The Kier molecular flexibility index (Phi) is 3.76. The lowest BCUT2D eigenvalue weighted by Crippen LogP contribution is -2.05. The molecule has 0 aliphatic rings. The van der Waals surface area contributed by atoms with Crippen LogP contribution in [0.3, 0.4) is 0 Å². The van der Waals surface area contributed by atoms with Gasteiger partial charge in [-0.1, -0.05) is 23.7 Å². The van der Waals surface area contributed by atoms with E-state index in [1.807, 2.05) is 41.0 Å². The van der Waals surface area contributed by atoms with Crippen LogP contribution in [0.5, 0.6) is 0 Å².